The second-order valence-corrected chi connectivity index (χ2v) is 6.16. The maximum absolute atomic E-state index is 12.3. The van der Waals surface area contributed by atoms with E-state index in [0.717, 1.165) is 20.9 Å². The minimum absolute atomic E-state index is 0.254. The van der Waals surface area contributed by atoms with Crippen LogP contribution in [0.15, 0.2) is 54.6 Å². The Hall–Kier alpha value is -2.40. The van der Waals surface area contributed by atoms with Gasteiger partial charge < -0.3 is 10.1 Å². The molecule has 3 aromatic rings. The molecule has 118 valence electrons. The number of ether oxygens (including phenoxy) is 1. The van der Waals surface area contributed by atoms with Gasteiger partial charge in [-0.15, -0.1) is 0 Å². The van der Waals surface area contributed by atoms with E-state index in [1.807, 2.05) is 61.5 Å². The Labute approximate surface area is 139 Å². The molecule has 0 saturated carbocycles. The molecule has 5 heteroatoms. The quantitative estimate of drug-likeness (QED) is 0.698. The van der Waals surface area contributed by atoms with E-state index < -0.39 is 6.04 Å². The van der Waals surface area contributed by atoms with Crippen LogP contribution in [0.1, 0.15) is 12.5 Å². The Kier molecular flexibility index (Phi) is 4.88. The van der Waals surface area contributed by atoms with Gasteiger partial charge in [-0.2, -0.15) is 0 Å². The van der Waals surface area contributed by atoms with Crippen LogP contribution in [0.3, 0.4) is 0 Å². The summed E-state index contributed by atoms with van der Waals surface area (Å²) in [5, 5.41) is 3.97. The van der Waals surface area contributed by atoms with E-state index in [-0.39, 0.29) is 5.97 Å². The lowest BCUT2D eigenvalue weighted by Gasteiger charge is -2.16. The van der Waals surface area contributed by atoms with Crippen molar-refractivity contribution in [2.24, 2.45) is 0 Å². The highest BCUT2D eigenvalue weighted by atomic mass is 32.1. The maximum atomic E-state index is 12.3. The number of esters is 1. The highest BCUT2D eigenvalue weighted by Gasteiger charge is 2.21. The Morgan fingerprint density at radius 2 is 1.91 bits per heavy atom. The fraction of sp³-hybridized carbons (Fsp3) is 0.222. The van der Waals surface area contributed by atoms with Crippen molar-refractivity contribution in [2.75, 3.05) is 11.9 Å². The number of fused-ring (bicyclic) bond motifs is 1. The number of hydrogen-bond donors (Lipinski definition) is 1. The normalized spacial score (nSPS) is 12.0. The lowest BCUT2D eigenvalue weighted by atomic mass is 10.1. The molecule has 0 radical (unpaired) electrons. The van der Waals surface area contributed by atoms with Crippen LogP contribution in [0.5, 0.6) is 0 Å². The second-order valence-electron chi connectivity index (χ2n) is 5.13. The van der Waals surface area contributed by atoms with Crippen LogP contribution in [0.25, 0.3) is 10.2 Å². The summed E-state index contributed by atoms with van der Waals surface area (Å²) in [4.78, 5) is 16.8. The molecule has 1 N–H and O–H groups in total. The third-order valence-corrected chi connectivity index (χ3v) is 4.41. The van der Waals surface area contributed by atoms with Crippen molar-refractivity contribution in [3.8, 4) is 0 Å². The topological polar surface area (TPSA) is 51.2 Å². The van der Waals surface area contributed by atoms with Gasteiger partial charge in [0.05, 0.1) is 16.8 Å². The van der Waals surface area contributed by atoms with Gasteiger partial charge in [-0.3, -0.25) is 0 Å². The van der Waals surface area contributed by atoms with Crippen LogP contribution in [0.4, 0.5) is 5.13 Å². The number of thiazole rings is 1. The van der Waals surface area contributed by atoms with Crippen LogP contribution in [-0.4, -0.2) is 23.6 Å². The standard InChI is InChI=1S/C18H18N2O2S/c1-2-22-17(21)15(12-13-8-4-3-5-9-13)20-18-19-14-10-6-7-11-16(14)23-18/h3-11,15H,2,12H2,1H3,(H,19,20)/t15-/m0/s1. The minimum Gasteiger partial charge on any atom is -0.464 e. The summed E-state index contributed by atoms with van der Waals surface area (Å²) in [5.41, 5.74) is 2.02. The summed E-state index contributed by atoms with van der Waals surface area (Å²) < 4.78 is 6.29. The number of carbonyl (C=O) groups is 1. The summed E-state index contributed by atoms with van der Waals surface area (Å²) in [6.07, 6.45) is 0.565. The molecule has 1 heterocycles. The number of aromatic nitrogens is 1. The zero-order chi connectivity index (χ0) is 16.1. The number of nitrogens with one attached hydrogen (secondary N) is 1. The summed E-state index contributed by atoms with van der Waals surface area (Å²) >= 11 is 1.54. The zero-order valence-electron chi connectivity index (χ0n) is 12.9. The lowest BCUT2D eigenvalue weighted by Crippen LogP contribution is -2.33. The monoisotopic (exact) mass is 326 g/mol. The number of benzene rings is 2. The molecule has 3 rings (SSSR count). The van der Waals surface area contributed by atoms with Gasteiger partial charge in [-0.1, -0.05) is 53.8 Å². The van der Waals surface area contributed by atoms with Crippen LogP contribution in [0, 0.1) is 0 Å². The van der Waals surface area contributed by atoms with Gasteiger partial charge in [-0.25, -0.2) is 9.78 Å². The first-order valence-electron chi connectivity index (χ1n) is 7.59. The number of rotatable bonds is 6. The van der Waals surface area contributed by atoms with Crippen molar-refractivity contribution < 1.29 is 9.53 Å². The van der Waals surface area contributed by atoms with Gasteiger partial charge >= 0.3 is 5.97 Å². The predicted molar refractivity (Wildman–Crippen MR) is 93.8 cm³/mol. The molecular formula is C18H18N2O2S. The van der Waals surface area contributed by atoms with Gasteiger partial charge in [0.25, 0.3) is 0 Å². The van der Waals surface area contributed by atoms with Gasteiger partial charge in [0.2, 0.25) is 0 Å². The Bertz CT molecular complexity index is 753. The molecule has 0 bridgehead atoms. The molecule has 2 aromatic carbocycles. The number of para-hydroxylation sites is 1. The molecule has 0 amide bonds. The van der Waals surface area contributed by atoms with Crippen molar-refractivity contribution >= 4 is 32.7 Å². The van der Waals surface area contributed by atoms with Crippen molar-refractivity contribution in [3.63, 3.8) is 0 Å². The first-order chi connectivity index (χ1) is 11.3. The first kappa shape index (κ1) is 15.5. The zero-order valence-corrected chi connectivity index (χ0v) is 13.7. The van der Waals surface area contributed by atoms with E-state index in [0.29, 0.717) is 13.0 Å². The first-order valence-corrected chi connectivity index (χ1v) is 8.40. The third kappa shape index (κ3) is 3.87. The molecular weight excluding hydrogens is 308 g/mol. The van der Waals surface area contributed by atoms with Crippen LogP contribution < -0.4 is 5.32 Å². The van der Waals surface area contributed by atoms with E-state index in [4.69, 9.17) is 4.74 Å². The van der Waals surface area contributed by atoms with Crippen molar-refractivity contribution in [3.05, 3.63) is 60.2 Å². The molecule has 0 aliphatic carbocycles. The molecule has 0 spiro atoms. The van der Waals surface area contributed by atoms with E-state index in [9.17, 15) is 4.79 Å². The number of carbonyl (C=O) groups excluding carboxylic acids is 1. The lowest BCUT2D eigenvalue weighted by molar-refractivity contribution is -0.144. The summed E-state index contributed by atoms with van der Waals surface area (Å²) in [7, 11) is 0. The van der Waals surface area contributed by atoms with Crippen molar-refractivity contribution in [1.82, 2.24) is 4.98 Å². The highest BCUT2D eigenvalue weighted by molar-refractivity contribution is 7.22. The SMILES string of the molecule is CCOC(=O)[C@H](Cc1ccccc1)Nc1nc2ccccc2s1. The average Bonchev–Trinajstić information content (AvgIpc) is 2.98. The molecule has 0 aliphatic heterocycles. The maximum Gasteiger partial charge on any atom is 0.328 e. The van der Waals surface area contributed by atoms with Crippen molar-refractivity contribution in [2.45, 2.75) is 19.4 Å². The molecule has 4 nitrogen and oxygen atoms in total. The van der Waals surface area contributed by atoms with Crippen LogP contribution in [-0.2, 0) is 16.0 Å². The number of hydrogen-bond acceptors (Lipinski definition) is 5. The number of anilines is 1. The largest absolute Gasteiger partial charge is 0.464 e. The minimum atomic E-state index is -0.446. The molecule has 0 aliphatic rings. The third-order valence-electron chi connectivity index (χ3n) is 3.45. The average molecular weight is 326 g/mol. The van der Waals surface area contributed by atoms with E-state index in [1.54, 1.807) is 11.3 Å². The smallest absolute Gasteiger partial charge is 0.328 e. The Morgan fingerprint density at radius 3 is 2.65 bits per heavy atom. The summed E-state index contributed by atoms with van der Waals surface area (Å²) in [6, 6.07) is 17.4. The Balaban J connectivity index is 1.81. The fourth-order valence-electron chi connectivity index (χ4n) is 2.37. The molecule has 1 atom stereocenters. The number of nitrogens with zero attached hydrogens (tertiary/aromatic N) is 1. The van der Waals surface area contributed by atoms with Crippen LogP contribution in [0.2, 0.25) is 0 Å². The van der Waals surface area contributed by atoms with Gasteiger partial charge in [0, 0.05) is 6.42 Å². The van der Waals surface area contributed by atoms with Gasteiger partial charge in [-0.05, 0) is 24.6 Å². The summed E-state index contributed by atoms with van der Waals surface area (Å²) in [5.74, 6) is -0.254. The molecule has 0 unspecified atom stereocenters. The van der Waals surface area contributed by atoms with E-state index in [1.165, 1.54) is 0 Å². The fourth-order valence-corrected chi connectivity index (χ4v) is 3.29. The van der Waals surface area contributed by atoms with Gasteiger partial charge in [0.1, 0.15) is 6.04 Å². The second kappa shape index (κ2) is 7.24. The molecule has 23 heavy (non-hydrogen) atoms. The predicted octanol–water partition coefficient (Wildman–Crippen LogP) is 3.88. The highest BCUT2D eigenvalue weighted by Crippen LogP contribution is 2.26. The Morgan fingerprint density at radius 1 is 1.17 bits per heavy atom. The molecule has 0 saturated heterocycles. The van der Waals surface area contributed by atoms with E-state index >= 15 is 0 Å². The molecule has 0 fully saturated rings. The van der Waals surface area contributed by atoms with E-state index in [2.05, 4.69) is 10.3 Å². The van der Waals surface area contributed by atoms with Gasteiger partial charge in [0.15, 0.2) is 5.13 Å². The van der Waals surface area contributed by atoms with Crippen LogP contribution >= 0.6 is 11.3 Å². The molecule has 1 aromatic heterocycles. The summed E-state index contributed by atoms with van der Waals surface area (Å²) in [6.45, 7) is 2.18. The van der Waals surface area contributed by atoms with Crippen molar-refractivity contribution in [1.29, 1.82) is 0 Å².